The molecule has 0 radical (unpaired) electrons. The third kappa shape index (κ3) is 62.5. The van der Waals surface area contributed by atoms with Crippen LogP contribution in [0.4, 0.5) is 0 Å². The maximum absolute atomic E-state index is 2.32. The van der Waals surface area contributed by atoms with Gasteiger partial charge in [0.05, 0.1) is 0 Å². The Bertz CT molecular complexity index is 701. The largest absolute Gasteiger partial charge is 0.107 e. The van der Waals surface area contributed by atoms with Crippen LogP contribution in [-0.4, -0.2) is 18.5 Å². The third-order valence-corrected chi connectivity index (χ3v) is 18.8. The van der Waals surface area contributed by atoms with Crippen LogP contribution in [0.2, 0.25) is 0 Å². The van der Waals surface area contributed by atoms with Gasteiger partial charge >= 0.3 is 0 Å². The minimum absolute atomic E-state index is 0.302. The van der Waals surface area contributed by atoms with Crippen molar-refractivity contribution in [2.24, 2.45) is 0 Å². The molecule has 0 saturated heterocycles. The first-order chi connectivity index (χ1) is 33.3. The average molecular weight is 960 g/mol. The van der Waals surface area contributed by atoms with Crippen molar-refractivity contribution in [3.05, 3.63) is 0 Å². The van der Waals surface area contributed by atoms with Gasteiger partial charge in [-0.25, -0.2) is 0 Å². The highest BCUT2D eigenvalue weighted by Gasteiger charge is 2.08. The Morgan fingerprint density at radius 2 is 0.209 bits per heavy atom. The maximum atomic E-state index is 2.32. The van der Waals surface area contributed by atoms with E-state index in [4.69, 9.17) is 0 Å². The molecule has 0 heterocycles. The van der Waals surface area contributed by atoms with Crippen molar-refractivity contribution in [3.8, 4) is 0 Å². The van der Waals surface area contributed by atoms with Crippen LogP contribution in [0.25, 0.3) is 0 Å². The molecule has 0 aliphatic rings. The maximum Gasteiger partial charge on any atom is -0.0326 e. The van der Waals surface area contributed by atoms with E-state index in [1.54, 1.807) is 37.7 Å². The molecular formula is C66H135P. The van der Waals surface area contributed by atoms with Crippen LogP contribution in [-0.2, 0) is 0 Å². The zero-order valence-electron chi connectivity index (χ0n) is 48.0. The lowest BCUT2D eigenvalue weighted by Gasteiger charge is -2.18. The molecule has 0 amide bonds. The van der Waals surface area contributed by atoms with Gasteiger partial charge in [-0.1, -0.05) is 387 Å². The minimum atomic E-state index is 0.302. The molecule has 0 aliphatic carbocycles. The Labute approximate surface area is 430 Å². The summed E-state index contributed by atoms with van der Waals surface area (Å²) >= 11 is 0. The fraction of sp³-hybridized carbons (Fsp3) is 1.00. The van der Waals surface area contributed by atoms with E-state index in [1.807, 2.05) is 0 Å². The van der Waals surface area contributed by atoms with Gasteiger partial charge in [0.1, 0.15) is 0 Å². The number of hydrogen-bond acceptors (Lipinski definition) is 0. The molecule has 0 unspecified atom stereocenters. The highest BCUT2D eigenvalue weighted by atomic mass is 31.1. The summed E-state index contributed by atoms with van der Waals surface area (Å²) in [5, 5.41) is 0. The second-order valence-corrected chi connectivity index (χ2v) is 25.7. The quantitative estimate of drug-likeness (QED) is 0.0421. The monoisotopic (exact) mass is 959 g/mol. The Morgan fingerprint density at radius 3 is 0.313 bits per heavy atom. The van der Waals surface area contributed by atoms with Crippen LogP contribution in [0, 0.1) is 0 Å². The first kappa shape index (κ1) is 67.4. The van der Waals surface area contributed by atoms with Crippen LogP contribution in [0.5, 0.6) is 0 Å². The van der Waals surface area contributed by atoms with Crippen LogP contribution in [0.3, 0.4) is 0 Å². The fourth-order valence-electron chi connectivity index (χ4n) is 11.1. The first-order valence-corrected chi connectivity index (χ1v) is 35.0. The summed E-state index contributed by atoms with van der Waals surface area (Å²) in [6.45, 7) is 6.97. The molecule has 0 nitrogen and oxygen atoms in total. The highest BCUT2D eigenvalue weighted by molar-refractivity contribution is 7.57. The SMILES string of the molecule is CCCCCCCCCCCCCCCCCCCCCCP(CCCCCCCCCCCCCCCCCCCCCC)CCCCCCCCCCCCCCCCCCCCCC. The van der Waals surface area contributed by atoms with Crippen LogP contribution in [0.15, 0.2) is 0 Å². The van der Waals surface area contributed by atoms with Gasteiger partial charge < -0.3 is 0 Å². The second-order valence-electron chi connectivity index (χ2n) is 23.0. The van der Waals surface area contributed by atoms with Gasteiger partial charge in [0.25, 0.3) is 0 Å². The third-order valence-electron chi connectivity index (χ3n) is 16.0. The smallest absolute Gasteiger partial charge is 0.0326 e. The highest BCUT2D eigenvalue weighted by Crippen LogP contribution is 2.39. The van der Waals surface area contributed by atoms with Crippen LogP contribution >= 0.6 is 7.92 Å². The number of hydrogen-bond donors (Lipinski definition) is 0. The second kappa shape index (κ2) is 64.4. The van der Waals surface area contributed by atoms with E-state index in [1.165, 1.54) is 366 Å². The molecule has 0 aromatic carbocycles. The molecule has 1 heteroatoms. The predicted molar refractivity (Wildman–Crippen MR) is 316 cm³/mol. The van der Waals surface area contributed by atoms with E-state index in [0.29, 0.717) is 7.92 Å². The van der Waals surface area contributed by atoms with E-state index < -0.39 is 0 Å². The zero-order chi connectivity index (χ0) is 48.1. The molecule has 0 saturated carbocycles. The minimum Gasteiger partial charge on any atom is -0.107 e. The Morgan fingerprint density at radius 1 is 0.119 bits per heavy atom. The molecule has 0 aliphatic heterocycles. The first-order valence-electron chi connectivity index (χ1n) is 33.1. The molecular weight excluding hydrogens is 824 g/mol. The van der Waals surface area contributed by atoms with Gasteiger partial charge in [0.15, 0.2) is 0 Å². The summed E-state index contributed by atoms with van der Waals surface area (Å²) in [7, 11) is 0.302. The van der Waals surface area contributed by atoms with Crippen molar-refractivity contribution in [1.82, 2.24) is 0 Å². The average Bonchev–Trinajstić information content (AvgIpc) is 3.34. The molecule has 0 rings (SSSR count). The van der Waals surface area contributed by atoms with E-state index >= 15 is 0 Å². The van der Waals surface area contributed by atoms with Crippen molar-refractivity contribution < 1.29 is 0 Å². The lowest BCUT2D eigenvalue weighted by Crippen LogP contribution is -1.97. The van der Waals surface area contributed by atoms with Crippen LogP contribution < -0.4 is 0 Å². The van der Waals surface area contributed by atoms with Gasteiger partial charge in [-0.3, -0.25) is 0 Å². The van der Waals surface area contributed by atoms with Gasteiger partial charge in [0.2, 0.25) is 0 Å². The zero-order valence-corrected chi connectivity index (χ0v) is 48.9. The summed E-state index contributed by atoms with van der Waals surface area (Å²) in [5.74, 6) is 0. The van der Waals surface area contributed by atoms with E-state index in [2.05, 4.69) is 20.8 Å². The van der Waals surface area contributed by atoms with Gasteiger partial charge in [-0.2, -0.15) is 0 Å². The molecule has 0 atom stereocenters. The summed E-state index contributed by atoms with van der Waals surface area (Å²) in [5.41, 5.74) is 0. The Balaban J connectivity index is 3.97. The summed E-state index contributed by atoms with van der Waals surface area (Å²) in [6, 6.07) is 0. The number of unbranched alkanes of at least 4 members (excludes halogenated alkanes) is 57. The summed E-state index contributed by atoms with van der Waals surface area (Å²) < 4.78 is 0. The molecule has 67 heavy (non-hydrogen) atoms. The van der Waals surface area contributed by atoms with Gasteiger partial charge in [-0.05, 0) is 37.7 Å². The van der Waals surface area contributed by atoms with Crippen molar-refractivity contribution in [3.63, 3.8) is 0 Å². The standard InChI is InChI=1S/C66H135P/c1-4-7-10-13-16-19-22-25-28-31-34-37-40-43-46-49-52-55-58-61-64-67(65-62-59-56-53-50-47-44-41-38-35-32-29-26-23-20-17-14-11-8-5-2)66-63-60-57-54-51-48-45-42-39-36-33-30-27-24-21-18-15-12-9-6-3/h4-66H2,1-3H3. The van der Waals surface area contributed by atoms with Crippen molar-refractivity contribution in [1.29, 1.82) is 0 Å². The van der Waals surface area contributed by atoms with Crippen molar-refractivity contribution >= 4 is 7.92 Å². The lowest BCUT2D eigenvalue weighted by molar-refractivity contribution is 0.522. The molecule has 0 bridgehead atoms. The number of rotatable bonds is 63. The molecule has 0 aromatic rings. The molecule has 0 spiro atoms. The van der Waals surface area contributed by atoms with Crippen molar-refractivity contribution in [2.75, 3.05) is 18.5 Å². The topological polar surface area (TPSA) is 0 Å². The fourth-order valence-corrected chi connectivity index (χ4v) is 13.8. The molecule has 0 aromatic heterocycles. The van der Waals surface area contributed by atoms with Crippen LogP contribution in [0.1, 0.15) is 406 Å². The van der Waals surface area contributed by atoms with Gasteiger partial charge in [-0.15, -0.1) is 7.92 Å². The normalized spacial score (nSPS) is 11.8. The van der Waals surface area contributed by atoms with E-state index in [0.717, 1.165) is 0 Å². The van der Waals surface area contributed by atoms with E-state index in [9.17, 15) is 0 Å². The Hall–Kier alpha value is 0.430. The van der Waals surface area contributed by atoms with Gasteiger partial charge in [0, 0.05) is 0 Å². The lowest BCUT2D eigenvalue weighted by atomic mass is 10.0. The van der Waals surface area contributed by atoms with Crippen molar-refractivity contribution in [2.45, 2.75) is 406 Å². The van der Waals surface area contributed by atoms with E-state index in [-0.39, 0.29) is 0 Å². The molecule has 0 N–H and O–H groups in total. The Kier molecular flexibility index (Phi) is 64.9. The summed E-state index contributed by atoms with van der Waals surface area (Å²) in [4.78, 5) is 0. The summed E-state index contributed by atoms with van der Waals surface area (Å²) in [6.07, 6.45) is 94.3. The molecule has 404 valence electrons. The molecule has 0 fully saturated rings. The predicted octanol–water partition coefficient (Wildman–Crippen LogP) is 25.9.